The Hall–Kier alpha value is -3.03. The Labute approximate surface area is 180 Å². The molecule has 3 heterocycles. The fourth-order valence-corrected chi connectivity index (χ4v) is 5.25. The van der Waals surface area contributed by atoms with Crippen LogP contribution in [-0.4, -0.2) is 33.4 Å². The van der Waals surface area contributed by atoms with Crippen LogP contribution in [0, 0.1) is 5.82 Å². The molecule has 1 saturated heterocycles. The number of nitrogens with one attached hydrogen (secondary N) is 2. The third kappa shape index (κ3) is 3.25. The minimum atomic E-state index is -0.910. The average molecular weight is 423 g/mol. The molecule has 5 rings (SSSR count). The van der Waals surface area contributed by atoms with E-state index in [1.807, 2.05) is 19.9 Å². The molecule has 1 atom stereocenters. The van der Waals surface area contributed by atoms with E-state index < -0.39 is 5.54 Å². The number of benzene rings is 1. The van der Waals surface area contributed by atoms with Crippen molar-refractivity contribution < 1.29 is 14.0 Å². The molecule has 1 spiro atoms. The number of amides is 2. The van der Waals surface area contributed by atoms with Gasteiger partial charge in [-0.05, 0) is 36.5 Å². The molecule has 2 fully saturated rings. The van der Waals surface area contributed by atoms with Gasteiger partial charge >= 0.3 is 0 Å². The first-order valence-corrected chi connectivity index (χ1v) is 10.9. The van der Waals surface area contributed by atoms with Crippen molar-refractivity contribution in [2.75, 3.05) is 10.2 Å². The highest BCUT2D eigenvalue weighted by Crippen LogP contribution is 2.46. The van der Waals surface area contributed by atoms with E-state index in [2.05, 4.69) is 20.5 Å². The van der Waals surface area contributed by atoms with E-state index in [1.54, 1.807) is 12.3 Å². The lowest BCUT2D eigenvalue weighted by Gasteiger charge is -2.38. The fourth-order valence-electron chi connectivity index (χ4n) is 5.25. The molecule has 8 heteroatoms. The van der Waals surface area contributed by atoms with Crippen LogP contribution in [0.3, 0.4) is 0 Å². The quantitative estimate of drug-likeness (QED) is 0.731. The molecule has 2 aliphatic heterocycles. The second-order valence-electron chi connectivity index (χ2n) is 9.13. The van der Waals surface area contributed by atoms with Crippen molar-refractivity contribution >= 4 is 29.3 Å². The first-order valence-electron chi connectivity index (χ1n) is 10.9. The zero-order chi connectivity index (χ0) is 21.8. The van der Waals surface area contributed by atoms with Crippen LogP contribution < -0.4 is 15.5 Å². The Morgan fingerprint density at radius 3 is 2.65 bits per heavy atom. The van der Waals surface area contributed by atoms with Crippen LogP contribution in [-0.2, 0) is 16.0 Å². The predicted octanol–water partition coefficient (Wildman–Crippen LogP) is 3.57. The topological polar surface area (TPSA) is 87.2 Å². The normalized spacial score (nSPS) is 23.2. The summed E-state index contributed by atoms with van der Waals surface area (Å²) in [6.45, 7) is 3.90. The van der Waals surface area contributed by atoms with Gasteiger partial charge in [-0.15, -0.1) is 0 Å². The van der Waals surface area contributed by atoms with Crippen molar-refractivity contribution in [3.63, 3.8) is 0 Å². The predicted molar refractivity (Wildman–Crippen MR) is 115 cm³/mol. The third-order valence-corrected chi connectivity index (χ3v) is 6.71. The number of anilines is 3. The van der Waals surface area contributed by atoms with Gasteiger partial charge in [0.2, 0.25) is 11.9 Å². The fraction of sp³-hybridized carbons (Fsp3) is 0.478. The number of aromatic nitrogens is 2. The lowest BCUT2D eigenvalue weighted by atomic mass is 9.91. The van der Waals surface area contributed by atoms with Crippen molar-refractivity contribution in [2.24, 2.45) is 0 Å². The lowest BCUT2D eigenvalue weighted by molar-refractivity contribution is -0.126. The molecule has 1 aliphatic carbocycles. The Morgan fingerprint density at radius 1 is 1.23 bits per heavy atom. The van der Waals surface area contributed by atoms with Crippen LogP contribution >= 0.6 is 0 Å². The Balaban J connectivity index is 1.49. The summed E-state index contributed by atoms with van der Waals surface area (Å²) in [5.74, 6) is 0.389. The van der Waals surface area contributed by atoms with E-state index in [9.17, 15) is 14.0 Å². The molecule has 162 valence electrons. The van der Waals surface area contributed by atoms with Crippen molar-refractivity contribution in [3.05, 3.63) is 41.3 Å². The molecular formula is C23H26FN5O2. The molecule has 31 heavy (non-hydrogen) atoms. The summed E-state index contributed by atoms with van der Waals surface area (Å²) >= 11 is 0. The first-order chi connectivity index (χ1) is 14.9. The summed E-state index contributed by atoms with van der Waals surface area (Å²) in [5.41, 5.74) is 1.18. The maximum atomic E-state index is 14.4. The van der Waals surface area contributed by atoms with Crippen LogP contribution in [0.1, 0.15) is 63.0 Å². The molecule has 3 aliphatic rings. The van der Waals surface area contributed by atoms with Crippen molar-refractivity contribution in [2.45, 2.75) is 69.9 Å². The van der Waals surface area contributed by atoms with Crippen LogP contribution in [0.25, 0.3) is 0 Å². The number of hydrogen-bond acceptors (Lipinski definition) is 6. The SMILES string of the molecule is CC(C)c1ccc(Nc2ncc3c(n2)N(C2CCCC2)C2(CC(=O)NC2=O)C3)cc1F. The van der Waals surface area contributed by atoms with E-state index >= 15 is 0 Å². The van der Waals surface area contributed by atoms with Crippen LogP contribution in [0.15, 0.2) is 24.4 Å². The smallest absolute Gasteiger partial charge is 0.253 e. The van der Waals surface area contributed by atoms with Gasteiger partial charge in [-0.25, -0.2) is 9.37 Å². The summed E-state index contributed by atoms with van der Waals surface area (Å²) in [7, 11) is 0. The van der Waals surface area contributed by atoms with Gasteiger partial charge in [0.05, 0.1) is 6.42 Å². The molecule has 2 aromatic rings. The van der Waals surface area contributed by atoms with Gasteiger partial charge in [-0.1, -0.05) is 32.8 Å². The summed E-state index contributed by atoms with van der Waals surface area (Å²) < 4.78 is 14.4. The van der Waals surface area contributed by atoms with Crippen molar-refractivity contribution in [1.82, 2.24) is 15.3 Å². The molecular weight excluding hydrogens is 397 g/mol. The Morgan fingerprint density at radius 2 is 2.00 bits per heavy atom. The minimum absolute atomic E-state index is 0.0988. The van der Waals surface area contributed by atoms with Crippen LogP contribution in [0.5, 0.6) is 0 Å². The second kappa shape index (κ2) is 7.28. The molecule has 1 unspecified atom stereocenters. The highest BCUT2D eigenvalue weighted by molar-refractivity contribution is 6.11. The van der Waals surface area contributed by atoms with Gasteiger partial charge in [0, 0.05) is 29.9 Å². The summed E-state index contributed by atoms with van der Waals surface area (Å²) in [6.07, 6.45) is 6.42. The molecule has 1 aromatic carbocycles. The molecule has 7 nitrogen and oxygen atoms in total. The number of halogens is 1. The van der Waals surface area contributed by atoms with Gasteiger partial charge < -0.3 is 10.2 Å². The standard InChI is InChI=1S/C23H26FN5O2/c1-13(2)17-8-7-15(9-18(17)24)26-22-25-12-14-10-23(11-19(30)27-21(23)31)29(20(14)28-22)16-5-3-4-6-16/h7-9,12-13,16H,3-6,10-11H2,1-2H3,(H,25,26,28)(H,27,30,31). The summed E-state index contributed by atoms with van der Waals surface area (Å²) in [6, 6.07) is 5.20. The summed E-state index contributed by atoms with van der Waals surface area (Å²) in [5, 5.41) is 5.58. The van der Waals surface area contributed by atoms with Gasteiger partial charge in [-0.2, -0.15) is 4.98 Å². The van der Waals surface area contributed by atoms with E-state index in [0.29, 0.717) is 29.4 Å². The number of fused-ring (bicyclic) bond motifs is 1. The molecule has 0 radical (unpaired) electrons. The Bertz CT molecular complexity index is 1070. The van der Waals surface area contributed by atoms with E-state index in [4.69, 9.17) is 4.98 Å². The van der Waals surface area contributed by atoms with Crippen molar-refractivity contribution in [3.8, 4) is 0 Å². The zero-order valence-corrected chi connectivity index (χ0v) is 17.7. The highest BCUT2D eigenvalue weighted by Gasteiger charge is 2.58. The van der Waals surface area contributed by atoms with Gasteiger partial charge in [-0.3, -0.25) is 14.9 Å². The number of carbonyl (C=O) groups excluding carboxylic acids is 2. The Kier molecular flexibility index (Phi) is 4.68. The maximum Gasteiger partial charge on any atom is 0.253 e. The van der Waals surface area contributed by atoms with E-state index in [0.717, 1.165) is 31.2 Å². The molecule has 1 saturated carbocycles. The number of hydrogen-bond donors (Lipinski definition) is 2. The van der Waals surface area contributed by atoms with Crippen molar-refractivity contribution in [1.29, 1.82) is 0 Å². The molecule has 1 aromatic heterocycles. The highest BCUT2D eigenvalue weighted by atomic mass is 19.1. The number of imide groups is 1. The maximum absolute atomic E-state index is 14.4. The average Bonchev–Trinajstić information content (AvgIpc) is 3.39. The second-order valence-corrected chi connectivity index (χ2v) is 9.13. The zero-order valence-electron chi connectivity index (χ0n) is 17.7. The third-order valence-electron chi connectivity index (χ3n) is 6.71. The van der Waals surface area contributed by atoms with Gasteiger partial charge in [0.25, 0.3) is 5.91 Å². The molecule has 2 N–H and O–H groups in total. The number of rotatable bonds is 4. The van der Waals surface area contributed by atoms with E-state index in [1.165, 1.54) is 6.07 Å². The first kappa shape index (κ1) is 19.9. The minimum Gasteiger partial charge on any atom is -0.338 e. The summed E-state index contributed by atoms with van der Waals surface area (Å²) in [4.78, 5) is 36.2. The molecule has 2 amide bonds. The lowest BCUT2D eigenvalue weighted by Crippen LogP contribution is -2.56. The number of nitrogens with zero attached hydrogens (tertiary/aromatic N) is 3. The van der Waals surface area contributed by atoms with Gasteiger partial charge in [0.1, 0.15) is 17.2 Å². The monoisotopic (exact) mass is 423 g/mol. The number of carbonyl (C=O) groups is 2. The van der Waals surface area contributed by atoms with Gasteiger partial charge in [0.15, 0.2) is 0 Å². The van der Waals surface area contributed by atoms with Crippen LogP contribution in [0.2, 0.25) is 0 Å². The van der Waals surface area contributed by atoms with Crippen LogP contribution in [0.4, 0.5) is 21.8 Å². The van der Waals surface area contributed by atoms with E-state index in [-0.39, 0.29) is 36.0 Å². The molecule has 0 bridgehead atoms. The largest absolute Gasteiger partial charge is 0.338 e.